The first-order valence-corrected chi connectivity index (χ1v) is 8.63. The number of nitrogens with one attached hydrogen (secondary N) is 1. The summed E-state index contributed by atoms with van der Waals surface area (Å²) in [5.74, 6) is -1.14. The molecule has 1 N–H and O–H groups in total. The maximum absolute atomic E-state index is 13.1. The standard InChI is InChI=1S/C21H20N2O4/c1-4-14-9-8-12-16-17(14)19(27-13(2)24)18(20(25)22-16)21(26)23(3)15-10-6-5-7-11-15/h5-12H,4H2,1-3H3,(H,22,25). The predicted molar refractivity (Wildman–Crippen MR) is 104 cm³/mol. The monoisotopic (exact) mass is 364 g/mol. The topological polar surface area (TPSA) is 79.5 Å². The van der Waals surface area contributed by atoms with E-state index in [-0.39, 0.29) is 11.3 Å². The Bertz CT molecular complexity index is 1070. The summed E-state index contributed by atoms with van der Waals surface area (Å²) >= 11 is 0. The first kappa shape index (κ1) is 18.4. The van der Waals surface area contributed by atoms with Crippen LogP contribution in [0, 0.1) is 0 Å². The van der Waals surface area contributed by atoms with Crippen LogP contribution in [-0.2, 0) is 11.2 Å². The number of anilines is 1. The molecule has 0 bridgehead atoms. The zero-order valence-corrected chi connectivity index (χ0v) is 15.4. The van der Waals surface area contributed by atoms with E-state index in [0.29, 0.717) is 23.0 Å². The van der Waals surface area contributed by atoms with E-state index in [9.17, 15) is 14.4 Å². The molecule has 6 nitrogen and oxygen atoms in total. The molecule has 0 spiro atoms. The number of benzene rings is 2. The summed E-state index contributed by atoms with van der Waals surface area (Å²) < 4.78 is 5.38. The van der Waals surface area contributed by atoms with Gasteiger partial charge in [-0.3, -0.25) is 14.4 Å². The van der Waals surface area contributed by atoms with Crippen molar-refractivity contribution in [1.82, 2.24) is 4.98 Å². The van der Waals surface area contributed by atoms with E-state index in [2.05, 4.69) is 4.98 Å². The van der Waals surface area contributed by atoms with Gasteiger partial charge in [0, 0.05) is 25.0 Å². The molecule has 0 aliphatic rings. The van der Waals surface area contributed by atoms with E-state index in [4.69, 9.17) is 4.74 Å². The maximum Gasteiger partial charge on any atom is 0.308 e. The second kappa shape index (κ2) is 7.45. The summed E-state index contributed by atoms with van der Waals surface area (Å²) in [6.07, 6.45) is 0.653. The molecule has 27 heavy (non-hydrogen) atoms. The molecule has 0 atom stereocenters. The Morgan fingerprint density at radius 2 is 1.78 bits per heavy atom. The molecule has 0 aliphatic carbocycles. The summed E-state index contributed by atoms with van der Waals surface area (Å²) in [4.78, 5) is 41.7. The highest BCUT2D eigenvalue weighted by Gasteiger charge is 2.26. The molecular formula is C21H20N2O4. The number of para-hydroxylation sites is 1. The summed E-state index contributed by atoms with van der Waals surface area (Å²) in [5, 5.41) is 0.569. The number of carbonyl (C=O) groups is 2. The van der Waals surface area contributed by atoms with Crippen molar-refractivity contribution >= 4 is 28.5 Å². The fraction of sp³-hybridized carbons (Fsp3) is 0.190. The highest BCUT2D eigenvalue weighted by Crippen LogP contribution is 2.31. The highest BCUT2D eigenvalue weighted by molar-refractivity contribution is 6.11. The molecule has 1 amide bonds. The first-order valence-electron chi connectivity index (χ1n) is 8.63. The predicted octanol–water partition coefficient (Wildman–Crippen LogP) is 3.29. The van der Waals surface area contributed by atoms with Gasteiger partial charge >= 0.3 is 5.97 Å². The second-order valence-electron chi connectivity index (χ2n) is 6.14. The van der Waals surface area contributed by atoms with E-state index in [1.54, 1.807) is 37.4 Å². The number of rotatable bonds is 4. The lowest BCUT2D eigenvalue weighted by Crippen LogP contribution is -2.32. The van der Waals surface area contributed by atoms with Crippen LogP contribution in [0.5, 0.6) is 5.75 Å². The number of esters is 1. The number of aromatic nitrogens is 1. The van der Waals surface area contributed by atoms with Crippen molar-refractivity contribution in [2.45, 2.75) is 20.3 Å². The Morgan fingerprint density at radius 1 is 1.07 bits per heavy atom. The van der Waals surface area contributed by atoms with E-state index in [1.807, 2.05) is 25.1 Å². The van der Waals surface area contributed by atoms with E-state index in [1.165, 1.54) is 11.8 Å². The van der Waals surface area contributed by atoms with Crippen molar-refractivity contribution in [3.05, 3.63) is 70.0 Å². The van der Waals surface area contributed by atoms with Crippen LogP contribution in [0.4, 0.5) is 5.69 Å². The van der Waals surface area contributed by atoms with Gasteiger partial charge in [0.1, 0.15) is 5.56 Å². The number of pyridine rings is 1. The van der Waals surface area contributed by atoms with Gasteiger partial charge in [0.15, 0.2) is 5.75 Å². The van der Waals surface area contributed by atoms with Gasteiger partial charge in [-0.15, -0.1) is 0 Å². The lowest BCUT2D eigenvalue weighted by molar-refractivity contribution is -0.131. The van der Waals surface area contributed by atoms with Gasteiger partial charge in [0.25, 0.3) is 11.5 Å². The molecule has 6 heteroatoms. The van der Waals surface area contributed by atoms with Crippen LogP contribution in [0.15, 0.2) is 53.3 Å². The molecule has 0 aliphatic heterocycles. The minimum absolute atomic E-state index is 0.00600. The molecule has 0 fully saturated rings. The molecule has 3 rings (SSSR count). The number of aryl methyl sites for hydroxylation is 1. The van der Waals surface area contributed by atoms with Crippen LogP contribution in [0.25, 0.3) is 10.9 Å². The summed E-state index contributed by atoms with van der Waals surface area (Å²) in [6, 6.07) is 14.4. The van der Waals surface area contributed by atoms with Crippen molar-refractivity contribution in [3.63, 3.8) is 0 Å². The average Bonchev–Trinajstić information content (AvgIpc) is 2.66. The third kappa shape index (κ3) is 3.46. The van der Waals surface area contributed by atoms with E-state index >= 15 is 0 Å². The average molecular weight is 364 g/mol. The van der Waals surface area contributed by atoms with Crippen LogP contribution in [0.2, 0.25) is 0 Å². The molecule has 0 saturated carbocycles. The Hall–Kier alpha value is -3.41. The molecule has 1 heterocycles. The number of amides is 1. The molecule has 0 saturated heterocycles. The normalized spacial score (nSPS) is 10.6. The van der Waals surface area contributed by atoms with E-state index in [0.717, 1.165) is 5.56 Å². The number of nitrogens with zero attached hydrogens (tertiary/aromatic N) is 1. The molecule has 0 unspecified atom stereocenters. The van der Waals surface area contributed by atoms with Crippen LogP contribution in [0.3, 0.4) is 0 Å². The number of aromatic amines is 1. The molecule has 2 aromatic carbocycles. The van der Waals surface area contributed by atoms with Crippen LogP contribution < -0.4 is 15.2 Å². The van der Waals surface area contributed by atoms with Crippen LogP contribution >= 0.6 is 0 Å². The Kier molecular flexibility index (Phi) is 5.07. The van der Waals surface area contributed by atoms with Gasteiger partial charge in [0.2, 0.25) is 0 Å². The minimum atomic E-state index is -0.597. The van der Waals surface area contributed by atoms with Crippen LogP contribution in [0.1, 0.15) is 29.8 Å². The molecule has 3 aromatic rings. The second-order valence-corrected chi connectivity index (χ2v) is 6.14. The van der Waals surface area contributed by atoms with Gasteiger partial charge in [-0.05, 0) is 30.2 Å². The minimum Gasteiger partial charge on any atom is -0.425 e. The zero-order chi connectivity index (χ0) is 19.6. The largest absolute Gasteiger partial charge is 0.425 e. The zero-order valence-electron chi connectivity index (χ0n) is 15.4. The molecule has 138 valence electrons. The van der Waals surface area contributed by atoms with Gasteiger partial charge < -0.3 is 14.6 Å². The molecular weight excluding hydrogens is 344 g/mol. The number of fused-ring (bicyclic) bond motifs is 1. The lowest BCUT2D eigenvalue weighted by Gasteiger charge is -2.19. The van der Waals surface area contributed by atoms with Crippen LogP contribution in [-0.4, -0.2) is 23.9 Å². The number of hydrogen-bond donors (Lipinski definition) is 1. The Balaban J connectivity index is 2.28. The van der Waals surface area contributed by atoms with Gasteiger partial charge in [-0.25, -0.2) is 0 Å². The van der Waals surface area contributed by atoms with Crippen molar-refractivity contribution in [3.8, 4) is 5.75 Å². The summed E-state index contributed by atoms with van der Waals surface area (Å²) in [6.45, 7) is 3.20. The third-order valence-electron chi connectivity index (χ3n) is 4.37. The highest BCUT2D eigenvalue weighted by atomic mass is 16.5. The van der Waals surface area contributed by atoms with Crippen molar-refractivity contribution in [1.29, 1.82) is 0 Å². The fourth-order valence-electron chi connectivity index (χ4n) is 3.06. The van der Waals surface area contributed by atoms with E-state index < -0.39 is 17.4 Å². The Morgan fingerprint density at radius 3 is 2.41 bits per heavy atom. The quantitative estimate of drug-likeness (QED) is 0.721. The SMILES string of the molecule is CCc1cccc2[nH]c(=O)c(C(=O)N(C)c3ccccc3)c(OC(C)=O)c12. The molecule has 0 radical (unpaired) electrons. The van der Waals surface area contributed by atoms with Gasteiger partial charge in [0.05, 0.1) is 5.52 Å². The fourth-order valence-corrected chi connectivity index (χ4v) is 3.06. The lowest BCUT2D eigenvalue weighted by atomic mass is 10.0. The first-order chi connectivity index (χ1) is 12.9. The van der Waals surface area contributed by atoms with Gasteiger partial charge in [-0.2, -0.15) is 0 Å². The smallest absolute Gasteiger partial charge is 0.308 e. The Labute approximate surface area is 156 Å². The summed E-state index contributed by atoms with van der Waals surface area (Å²) in [5.41, 5.74) is 1.23. The number of hydrogen-bond acceptors (Lipinski definition) is 4. The number of H-pyrrole nitrogens is 1. The third-order valence-corrected chi connectivity index (χ3v) is 4.37. The van der Waals surface area contributed by atoms with Crippen molar-refractivity contribution in [2.75, 3.05) is 11.9 Å². The number of ether oxygens (including phenoxy) is 1. The summed E-state index contributed by atoms with van der Waals surface area (Å²) in [7, 11) is 1.57. The number of carbonyl (C=O) groups excluding carboxylic acids is 2. The van der Waals surface area contributed by atoms with Crippen molar-refractivity contribution < 1.29 is 14.3 Å². The maximum atomic E-state index is 13.1. The molecule has 1 aromatic heterocycles. The van der Waals surface area contributed by atoms with Crippen molar-refractivity contribution in [2.24, 2.45) is 0 Å². The van der Waals surface area contributed by atoms with Gasteiger partial charge in [-0.1, -0.05) is 37.3 Å².